The van der Waals surface area contributed by atoms with Crippen LogP contribution in [0.15, 0.2) is 30.3 Å². The maximum atomic E-state index is 12.0. The Balaban J connectivity index is 1.67. The van der Waals surface area contributed by atoms with Crippen molar-refractivity contribution in [2.75, 3.05) is 32.7 Å². The summed E-state index contributed by atoms with van der Waals surface area (Å²) in [6.07, 6.45) is 3.45. The van der Waals surface area contributed by atoms with E-state index in [0.29, 0.717) is 0 Å². The topological polar surface area (TPSA) is 35.6 Å². The maximum Gasteiger partial charge on any atom is 0.317 e. The molecule has 1 N–H and O–H groups in total. The first-order valence-corrected chi connectivity index (χ1v) is 8.08. The van der Waals surface area contributed by atoms with E-state index < -0.39 is 0 Å². The lowest BCUT2D eigenvalue weighted by Crippen LogP contribution is -2.51. The Morgan fingerprint density at radius 3 is 2.48 bits per heavy atom. The third-order valence-electron chi connectivity index (χ3n) is 3.97. The predicted octanol–water partition coefficient (Wildman–Crippen LogP) is 2.70. The van der Waals surface area contributed by atoms with Crippen molar-refractivity contribution in [3.63, 3.8) is 0 Å². The van der Waals surface area contributed by atoms with E-state index in [4.69, 9.17) is 0 Å². The van der Waals surface area contributed by atoms with Gasteiger partial charge in [-0.05, 0) is 12.0 Å². The van der Waals surface area contributed by atoms with Gasteiger partial charge < -0.3 is 10.2 Å². The highest BCUT2D eigenvalue weighted by Gasteiger charge is 2.20. The molecule has 0 aromatic heterocycles. The van der Waals surface area contributed by atoms with E-state index in [1.54, 1.807) is 0 Å². The molecule has 0 spiro atoms. The summed E-state index contributed by atoms with van der Waals surface area (Å²) in [6.45, 7) is 7.52. The number of carbonyl (C=O) groups excluding carboxylic acids is 1. The van der Waals surface area contributed by atoms with E-state index in [2.05, 4.69) is 41.4 Å². The summed E-state index contributed by atoms with van der Waals surface area (Å²) in [7, 11) is 0. The van der Waals surface area contributed by atoms with E-state index in [0.717, 1.165) is 45.7 Å². The summed E-state index contributed by atoms with van der Waals surface area (Å²) in [5.74, 6) is 0. The van der Waals surface area contributed by atoms with Crippen molar-refractivity contribution in [2.24, 2.45) is 0 Å². The normalized spacial score (nSPS) is 16.0. The van der Waals surface area contributed by atoms with Crippen LogP contribution in [0.25, 0.3) is 0 Å². The molecule has 2 amide bonds. The number of unbranched alkanes of at least 4 members (excludes halogenated alkanes) is 2. The van der Waals surface area contributed by atoms with Gasteiger partial charge in [-0.3, -0.25) is 4.90 Å². The first-order chi connectivity index (χ1) is 10.3. The SMILES string of the molecule is CCCCCNC(=O)N1CCN(Cc2ccccc2)CC1. The van der Waals surface area contributed by atoms with E-state index in [1.165, 1.54) is 18.4 Å². The lowest BCUT2D eigenvalue weighted by Gasteiger charge is -2.34. The van der Waals surface area contributed by atoms with Crippen LogP contribution in [0.3, 0.4) is 0 Å². The van der Waals surface area contributed by atoms with Crippen molar-refractivity contribution in [3.05, 3.63) is 35.9 Å². The van der Waals surface area contributed by atoms with Crippen LogP contribution in [0, 0.1) is 0 Å². The molecule has 1 saturated heterocycles. The van der Waals surface area contributed by atoms with Crippen molar-refractivity contribution >= 4 is 6.03 Å². The highest BCUT2D eigenvalue weighted by molar-refractivity contribution is 5.74. The van der Waals surface area contributed by atoms with Gasteiger partial charge in [0.1, 0.15) is 0 Å². The van der Waals surface area contributed by atoms with E-state index in [-0.39, 0.29) is 6.03 Å². The van der Waals surface area contributed by atoms with Crippen LogP contribution in [-0.4, -0.2) is 48.6 Å². The summed E-state index contributed by atoms with van der Waals surface area (Å²) in [6, 6.07) is 10.6. The van der Waals surface area contributed by atoms with Gasteiger partial charge in [-0.25, -0.2) is 4.79 Å². The maximum absolute atomic E-state index is 12.0. The summed E-state index contributed by atoms with van der Waals surface area (Å²) >= 11 is 0. The number of urea groups is 1. The molecule has 0 saturated carbocycles. The fourth-order valence-electron chi connectivity index (χ4n) is 2.63. The number of piperazine rings is 1. The molecule has 0 bridgehead atoms. The molecule has 116 valence electrons. The van der Waals surface area contributed by atoms with Crippen molar-refractivity contribution in [1.29, 1.82) is 0 Å². The molecular weight excluding hydrogens is 262 g/mol. The van der Waals surface area contributed by atoms with Gasteiger partial charge in [-0.2, -0.15) is 0 Å². The molecule has 0 radical (unpaired) electrons. The quantitative estimate of drug-likeness (QED) is 0.817. The Hall–Kier alpha value is -1.55. The minimum atomic E-state index is 0.102. The third kappa shape index (κ3) is 5.38. The second-order valence-corrected chi connectivity index (χ2v) is 5.69. The zero-order valence-electron chi connectivity index (χ0n) is 13.1. The zero-order chi connectivity index (χ0) is 14.9. The average molecular weight is 289 g/mol. The van der Waals surface area contributed by atoms with E-state index in [1.807, 2.05) is 11.0 Å². The molecule has 1 aromatic carbocycles. The Labute approximate surface area is 128 Å². The van der Waals surface area contributed by atoms with Gasteiger partial charge in [0.2, 0.25) is 0 Å². The minimum Gasteiger partial charge on any atom is -0.338 e. The molecular formula is C17H27N3O. The number of benzene rings is 1. The third-order valence-corrected chi connectivity index (χ3v) is 3.97. The van der Waals surface area contributed by atoms with Gasteiger partial charge in [-0.15, -0.1) is 0 Å². The fraction of sp³-hybridized carbons (Fsp3) is 0.588. The Morgan fingerprint density at radius 2 is 1.81 bits per heavy atom. The molecule has 2 rings (SSSR count). The lowest BCUT2D eigenvalue weighted by molar-refractivity contribution is 0.135. The van der Waals surface area contributed by atoms with Crippen LogP contribution < -0.4 is 5.32 Å². The molecule has 1 heterocycles. The van der Waals surface area contributed by atoms with E-state index in [9.17, 15) is 4.79 Å². The van der Waals surface area contributed by atoms with Gasteiger partial charge in [-0.1, -0.05) is 50.1 Å². The average Bonchev–Trinajstić information content (AvgIpc) is 2.53. The summed E-state index contributed by atoms with van der Waals surface area (Å²) < 4.78 is 0. The van der Waals surface area contributed by atoms with Crippen molar-refractivity contribution in [1.82, 2.24) is 15.1 Å². The van der Waals surface area contributed by atoms with Gasteiger partial charge in [0.25, 0.3) is 0 Å². The highest BCUT2D eigenvalue weighted by atomic mass is 16.2. The van der Waals surface area contributed by atoms with Crippen molar-refractivity contribution in [2.45, 2.75) is 32.7 Å². The van der Waals surface area contributed by atoms with E-state index >= 15 is 0 Å². The number of carbonyl (C=O) groups is 1. The molecule has 4 nitrogen and oxygen atoms in total. The highest BCUT2D eigenvalue weighted by Crippen LogP contribution is 2.08. The molecule has 1 aliphatic rings. The molecule has 1 fully saturated rings. The second kappa shape index (κ2) is 8.67. The van der Waals surface area contributed by atoms with Gasteiger partial charge >= 0.3 is 6.03 Å². The summed E-state index contributed by atoms with van der Waals surface area (Å²) in [4.78, 5) is 16.4. The smallest absolute Gasteiger partial charge is 0.317 e. The van der Waals surface area contributed by atoms with Crippen LogP contribution >= 0.6 is 0 Å². The standard InChI is InChI=1S/C17H27N3O/c1-2-3-7-10-18-17(21)20-13-11-19(12-14-20)15-16-8-5-4-6-9-16/h4-6,8-9H,2-3,7,10-15H2,1H3,(H,18,21). The van der Waals surface area contributed by atoms with Crippen LogP contribution in [0.5, 0.6) is 0 Å². The fourth-order valence-corrected chi connectivity index (χ4v) is 2.63. The Kier molecular flexibility index (Phi) is 6.54. The van der Waals surface area contributed by atoms with Crippen LogP contribution in [-0.2, 0) is 6.54 Å². The number of amides is 2. The second-order valence-electron chi connectivity index (χ2n) is 5.69. The first kappa shape index (κ1) is 15.8. The Morgan fingerprint density at radius 1 is 1.10 bits per heavy atom. The van der Waals surface area contributed by atoms with Crippen LogP contribution in [0.2, 0.25) is 0 Å². The van der Waals surface area contributed by atoms with Crippen molar-refractivity contribution in [3.8, 4) is 0 Å². The number of rotatable bonds is 6. The van der Waals surface area contributed by atoms with Gasteiger partial charge in [0.15, 0.2) is 0 Å². The zero-order valence-corrected chi connectivity index (χ0v) is 13.1. The molecule has 21 heavy (non-hydrogen) atoms. The number of hydrogen-bond donors (Lipinski definition) is 1. The summed E-state index contributed by atoms with van der Waals surface area (Å²) in [5, 5.41) is 3.02. The van der Waals surface area contributed by atoms with Crippen LogP contribution in [0.4, 0.5) is 4.79 Å². The number of nitrogens with zero attached hydrogens (tertiary/aromatic N) is 2. The molecule has 0 unspecified atom stereocenters. The van der Waals surface area contributed by atoms with Crippen LogP contribution in [0.1, 0.15) is 31.7 Å². The molecule has 1 aromatic rings. The first-order valence-electron chi connectivity index (χ1n) is 8.08. The predicted molar refractivity (Wildman–Crippen MR) is 86.2 cm³/mol. The molecule has 4 heteroatoms. The monoisotopic (exact) mass is 289 g/mol. The summed E-state index contributed by atoms with van der Waals surface area (Å²) in [5.41, 5.74) is 1.34. The molecule has 1 aliphatic heterocycles. The largest absolute Gasteiger partial charge is 0.338 e. The van der Waals surface area contributed by atoms with Crippen molar-refractivity contribution < 1.29 is 4.79 Å². The van der Waals surface area contributed by atoms with Gasteiger partial charge in [0, 0.05) is 39.3 Å². The number of nitrogens with one attached hydrogen (secondary N) is 1. The van der Waals surface area contributed by atoms with Gasteiger partial charge in [0.05, 0.1) is 0 Å². The molecule has 0 aliphatic carbocycles. The lowest BCUT2D eigenvalue weighted by atomic mass is 10.2. The minimum absolute atomic E-state index is 0.102. The molecule has 0 atom stereocenters. The number of hydrogen-bond acceptors (Lipinski definition) is 2. The Bertz CT molecular complexity index is 413.